The number of hydrogen-bond donors (Lipinski definition) is 1. The number of pyridine rings is 1. The van der Waals surface area contributed by atoms with Crippen LogP contribution < -0.4 is 10.6 Å². The van der Waals surface area contributed by atoms with Crippen molar-refractivity contribution in [1.29, 1.82) is 0 Å². The molecule has 0 saturated carbocycles. The standard InChI is InChI=1S/C13H16FN3/c1-17(2)13-8-10(5-6-15)16-12-4-3-9(14)7-11(12)13/h3-4,7-8H,5-6,15H2,1-2H3. The van der Waals surface area contributed by atoms with Gasteiger partial charge >= 0.3 is 0 Å². The number of fused-ring (bicyclic) bond motifs is 1. The molecule has 2 aromatic rings. The largest absolute Gasteiger partial charge is 0.377 e. The van der Waals surface area contributed by atoms with Gasteiger partial charge < -0.3 is 10.6 Å². The molecule has 0 bridgehead atoms. The molecule has 0 atom stereocenters. The summed E-state index contributed by atoms with van der Waals surface area (Å²) in [6, 6.07) is 6.62. The molecule has 0 fully saturated rings. The number of benzene rings is 1. The topological polar surface area (TPSA) is 42.1 Å². The molecule has 0 radical (unpaired) electrons. The fourth-order valence-corrected chi connectivity index (χ4v) is 1.88. The molecule has 2 N–H and O–H groups in total. The quantitative estimate of drug-likeness (QED) is 0.881. The van der Waals surface area contributed by atoms with Gasteiger partial charge in [0.15, 0.2) is 0 Å². The fourth-order valence-electron chi connectivity index (χ4n) is 1.88. The van der Waals surface area contributed by atoms with Gasteiger partial charge in [0.1, 0.15) is 5.82 Å². The predicted octanol–water partition coefficient (Wildman–Crippen LogP) is 1.94. The molecule has 0 saturated heterocycles. The molecule has 17 heavy (non-hydrogen) atoms. The van der Waals surface area contributed by atoms with Gasteiger partial charge in [-0.3, -0.25) is 4.98 Å². The first kappa shape index (κ1) is 11.8. The maximum atomic E-state index is 13.3. The molecule has 1 aromatic carbocycles. The van der Waals surface area contributed by atoms with Crippen LogP contribution in [-0.2, 0) is 6.42 Å². The maximum Gasteiger partial charge on any atom is 0.124 e. The Kier molecular flexibility index (Phi) is 3.24. The highest BCUT2D eigenvalue weighted by Crippen LogP contribution is 2.26. The number of aromatic nitrogens is 1. The normalized spacial score (nSPS) is 10.8. The summed E-state index contributed by atoms with van der Waals surface area (Å²) in [5.41, 5.74) is 8.26. The van der Waals surface area contributed by atoms with Crippen LogP contribution in [-0.4, -0.2) is 25.6 Å². The number of nitrogens with two attached hydrogens (primary N) is 1. The van der Waals surface area contributed by atoms with Crippen molar-refractivity contribution in [1.82, 2.24) is 4.98 Å². The van der Waals surface area contributed by atoms with Crippen molar-refractivity contribution in [2.24, 2.45) is 5.73 Å². The van der Waals surface area contributed by atoms with Crippen molar-refractivity contribution in [2.75, 3.05) is 25.5 Å². The second-order valence-electron chi connectivity index (χ2n) is 4.23. The van der Waals surface area contributed by atoms with Crippen LogP contribution in [0, 0.1) is 5.82 Å². The lowest BCUT2D eigenvalue weighted by atomic mass is 10.1. The highest BCUT2D eigenvalue weighted by molar-refractivity contribution is 5.91. The van der Waals surface area contributed by atoms with Gasteiger partial charge in [0.05, 0.1) is 5.52 Å². The molecule has 0 aliphatic carbocycles. The van der Waals surface area contributed by atoms with Crippen molar-refractivity contribution < 1.29 is 4.39 Å². The Labute approximate surface area is 100 Å². The Bertz CT molecular complexity index is 537. The van der Waals surface area contributed by atoms with E-state index in [2.05, 4.69) is 4.98 Å². The van der Waals surface area contributed by atoms with Gasteiger partial charge in [-0.25, -0.2) is 4.39 Å². The van der Waals surface area contributed by atoms with Crippen LogP contribution in [0.1, 0.15) is 5.69 Å². The van der Waals surface area contributed by atoms with Crippen LogP contribution in [0.25, 0.3) is 10.9 Å². The minimum absolute atomic E-state index is 0.242. The van der Waals surface area contributed by atoms with E-state index in [0.717, 1.165) is 28.7 Å². The SMILES string of the molecule is CN(C)c1cc(CCN)nc2ccc(F)cc12. The van der Waals surface area contributed by atoms with Crippen molar-refractivity contribution in [2.45, 2.75) is 6.42 Å². The zero-order valence-electron chi connectivity index (χ0n) is 10.1. The molecule has 2 rings (SSSR count). The lowest BCUT2D eigenvalue weighted by Crippen LogP contribution is -2.12. The summed E-state index contributed by atoms with van der Waals surface area (Å²) < 4.78 is 13.3. The van der Waals surface area contributed by atoms with Crippen molar-refractivity contribution >= 4 is 16.6 Å². The molecule has 0 unspecified atom stereocenters. The number of nitrogens with zero attached hydrogens (tertiary/aromatic N) is 2. The summed E-state index contributed by atoms with van der Waals surface area (Å²) in [5.74, 6) is -0.242. The van der Waals surface area contributed by atoms with E-state index in [9.17, 15) is 4.39 Å². The first-order valence-corrected chi connectivity index (χ1v) is 5.58. The lowest BCUT2D eigenvalue weighted by Gasteiger charge is -2.16. The number of rotatable bonds is 3. The minimum Gasteiger partial charge on any atom is -0.377 e. The average molecular weight is 233 g/mol. The Morgan fingerprint density at radius 2 is 2.06 bits per heavy atom. The van der Waals surface area contributed by atoms with Gasteiger partial charge in [0, 0.05) is 37.3 Å². The molecule has 0 aliphatic heterocycles. The van der Waals surface area contributed by atoms with Crippen LogP contribution in [0.3, 0.4) is 0 Å². The monoisotopic (exact) mass is 233 g/mol. The third kappa shape index (κ3) is 2.36. The minimum atomic E-state index is -0.242. The van der Waals surface area contributed by atoms with E-state index in [4.69, 9.17) is 5.73 Å². The number of hydrogen-bond acceptors (Lipinski definition) is 3. The average Bonchev–Trinajstić information content (AvgIpc) is 2.28. The summed E-state index contributed by atoms with van der Waals surface area (Å²) in [6.07, 6.45) is 0.730. The Morgan fingerprint density at radius 3 is 2.71 bits per heavy atom. The van der Waals surface area contributed by atoms with Gasteiger partial charge in [-0.15, -0.1) is 0 Å². The molecule has 0 amide bonds. The molecule has 1 heterocycles. The lowest BCUT2D eigenvalue weighted by molar-refractivity contribution is 0.629. The van der Waals surface area contributed by atoms with Crippen molar-refractivity contribution in [3.63, 3.8) is 0 Å². The molecule has 3 nitrogen and oxygen atoms in total. The number of anilines is 1. The smallest absolute Gasteiger partial charge is 0.124 e. The molecule has 1 aromatic heterocycles. The van der Waals surface area contributed by atoms with E-state index in [1.54, 1.807) is 6.07 Å². The van der Waals surface area contributed by atoms with E-state index < -0.39 is 0 Å². The van der Waals surface area contributed by atoms with E-state index in [1.165, 1.54) is 12.1 Å². The molecule has 4 heteroatoms. The fraction of sp³-hybridized carbons (Fsp3) is 0.308. The van der Waals surface area contributed by atoms with Gasteiger partial charge in [0.2, 0.25) is 0 Å². The van der Waals surface area contributed by atoms with Crippen LogP contribution in [0.5, 0.6) is 0 Å². The van der Waals surface area contributed by atoms with E-state index in [-0.39, 0.29) is 5.82 Å². The van der Waals surface area contributed by atoms with Gasteiger partial charge in [-0.05, 0) is 30.8 Å². The number of halogens is 1. The molecular weight excluding hydrogens is 217 g/mol. The van der Waals surface area contributed by atoms with E-state index >= 15 is 0 Å². The zero-order chi connectivity index (χ0) is 12.4. The van der Waals surface area contributed by atoms with Crippen LogP contribution in [0.4, 0.5) is 10.1 Å². The second-order valence-corrected chi connectivity index (χ2v) is 4.23. The molecule has 90 valence electrons. The van der Waals surface area contributed by atoms with Crippen molar-refractivity contribution in [3.05, 3.63) is 35.8 Å². The zero-order valence-corrected chi connectivity index (χ0v) is 10.1. The maximum absolute atomic E-state index is 13.3. The molecular formula is C13H16FN3. The van der Waals surface area contributed by atoms with E-state index in [0.29, 0.717) is 6.54 Å². The highest BCUT2D eigenvalue weighted by Gasteiger charge is 2.08. The summed E-state index contributed by atoms with van der Waals surface area (Å²) in [7, 11) is 3.87. The third-order valence-electron chi connectivity index (χ3n) is 2.68. The van der Waals surface area contributed by atoms with Gasteiger partial charge in [0.25, 0.3) is 0 Å². The van der Waals surface area contributed by atoms with Crippen LogP contribution >= 0.6 is 0 Å². The first-order chi connectivity index (χ1) is 8.11. The molecule has 0 aliphatic rings. The highest BCUT2D eigenvalue weighted by atomic mass is 19.1. The second kappa shape index (κ2) is 4.67. The van der Waals surface area contributed by atoms with Crippen LogP contribution in [0.15, 0.2) is 24.3 Å². The summed E-state index contributed by atoms with van der Waals surface area (Å²) in [4.78, 5) is 6.44. The first-order valence-electron chi connectivity index (χ1n) is 5.58. The Balaban J connectivity index is 2.67. The summed E-state index contributed by atoms with van der Waals surface area (Å²) >= 11 is 0. The Hall–Kier alpha value is -1.68. The molecule has 0 spiro atoms. The summed E-state index contributed by atoms with van der Waals surface area (Å²) in [6.45, 7) is 0.562. The van der Waals surface area contributed by atoms with Crippen LogP contribution in [0.2, 0.25) is 0 Å². The predicted molar refractivity (Wildman–Crippen MR) is 68.8 cm³/mol. The third-order valence-corrected chi connectivity index (χ3v) is 2.68. The van der Waals surface area contributed by atoms with Gasteiger partial charge in [-0.2, -0.15) is 0 Å². The summed E-state index contributed by atoms with van der Waals surface area (Å²) in [5, 5.41) is 0.829. The van der Waals surface area contributed by atoms with Crippen molar-refractivity contribution in [3.8, 4) is 0 Å². The van der Waals surface area contributed by atoms with E-state index in [1.807, 2.05) is 25.1 Å². The van der Waals surface area contributed by atoms with Gasteiger partial charge in [-0.1, -0.05) is 0 Å². The Morgan fingerprint density at radius 1 is 1.29 bits per heavy atom.